The Kier molecular flexibility index (Phi) is 5.76. The van der Waals surface area contributed by atoms with Gasteiger partial charge in [0.05, 0.1) is 11.6 Å². The molecule has 2 aromatic carbocycles. The molecule has 4 nitrogen and oxygen atoms in total. The van der Waals surface area contributed by atoms with Crippen molar-refractivity contribution < 1.29 is 4.79 Å². The van der Waals surface area contributed by atoms with Gasteiger partial charge in [-0.1, -0.05) is 25.5 Å². The zero-order chi connectivity index (χ0) is 16.7. The maximum atomic E-state index is 12.2. The van der Waals surface area contributed by atoms with E-state index in [9.17, 15) is 4.79 Å². The van der Waals surface area contributed by atoms with E-state index in [1.54, 1.807) is 24.3 Å². The molecule has 118 valence electrons. The molecule has 0 saturated carbocycles. The lowest BCUT2D eigenvalue weighted by molar-refractivity contribution is -0.116. The Morgan fingerprint density at radius 3 is 2.26 bits per heavy atom. The number of anilines is 2. The van der Waals surface area contributed by atoms with E-state index >= 15 is 0 Å². The minimum absolute atomic E-state index is 0.118. The second-order valence-corrected chi connectivity index (χ2v) is 5.49. The van der Waals surface area contributed by atoms with Crippen LogP contribution in [-0.4, -0.2) is 11.9 Å². The lowest BCUT2D eigenvalue weighted by atomic mass is 10.1. The van der Waals surface area contributed by atoms with E-state index in [2.05, 4.69) is 35.8 Å². The van der Waals surface area contributed by atoms with Crippen molar-refractivity contribution in [1.82, 2.24) is 0 Å². The molecule has 0 radical (unpaired) electrons. The number of carbonyl (C=O) groups is 1. The summed E-state index contributed by atoms with van der Waals surface area (Å²) in [6, 6.07) is 16.7. The third kappa shape index (κ3) is 4.86. The van der Waals surface area contributed by atoms with Crippen molar-refractivity contribution in [3.8, 4) is 6.07 Å². The largest absolute Gasteiger partial charge is 0.374 e. The highest BCUT2D eigenvalue weighted by Gasteiger charge is 2.12. The SMILES string of the molecule is CCCc1ccc(N[C@H](C)C(=O)Nc2ccc(C#N)cc2)cc1. The monoisotopic (exact) mass is 307 g/mol. The highest BCUT2D eigenvalue weighted by Crippen LogP contribution is 2.14. The first-order chi connectivity index (χ1) is 11.1. The molecule has 0 spiro atoms. The summed E-state index contributed by atoms with van der Waals surface area (Å²) < 4.78 is 0. The van der Waals surface area contributed by atoms with Crippen LogP contribution in [0.5, 0.6) is 0 Å². The minimum atomic E-state index is -0.359. The molecular formula is C19H21N3O. The molecule has 1 atom stereocenters. The first kappa shape index (κ1) is 16.6. The molecular weight excluding hydrogens is 286 g/mol. The molecule has 0 heterocycles. The van der Waals surface area contributed by atoms with Crippen LogP contribution in [0.4, 0.5) is 11.4 Å². The van der Waals surface area contributed by atoms with Crippen molar-refractivity contribution in [3.05, 3.63) is 59.7 Å². The maximum Gasteiger partial charge on any atom is 0.246 e. The fourth-order valence-electron chi connectivity index (χ4n) is 2.25. The molecule has 2 rings (SSSR count). The van der Waals surface area contributed by atoms with Crippen LogP contribution in [0.3, 0.4) is 0 Å². The van der Waals surface area contributed by atoms with Crippen molar-refractivity contribution in [2.45, 2.75) is 32.7 Å². The maximum absolute atomic E-state index is 12.2. The molecule has 0 saturated heterocycles. The standard InChI is InChI=1S/C19H21N3O/c1-3-4-15-5-9-17(10-6-15)21-14(2)19(23)22-18-11-7-16(13-20)8-12-18/h5-12,14,21H,3-4H2,1-2H3,(H,22,23)/t14-/m1/s1. The summed E-state index contributed by atoms with van der Waals surface area (Å²) in [4.78, 5) is 12.2. The molecule has 0 aliphatic rings. The van der Waals surface area contributed by atoms with Gasteiger partial charge in [0.15, 0.2) is 0 Å². The molecule has 2 aromatic rings. The predicted octanol–water partition coefficient (Wildman–Crippen LogP) is 3.95. The number of nitrogens with one attached hydrogen (secondary N) is 2. The summed E-state index contributed by atoms with van der Waals surface area (Å²) in [5, 5.41) is 14.8. The zero-order valence-corrected chi connectivity index (χ0v) is 13.5. The quantitative estimate of drug-likeness (QED) is 0.849. The summed E-state index contributed by atoms with van der Waals surface area (Å²) in [6.45, 7) is 3.97. The van der Waals surface area contributed by atoms with Crippen LogP contribution in [0.1, 0.15) is 31.4 Å². The fraction of sp³-hybridized carbons (Fsp3) is 0.263. The van der Waals surface area contributed by atoms with Gasteiger partial charge in [0.2, 0.25) is 5.91 Å². The van der Waals surface area contributed by atoms with Gasteiger partial charge in [-0.3, -0.25) is 4.79 Å². The van der Waals surface area contributed by atoms with Gasteiger partial charge in [-0.05, 0) is 55.3 Å². The van der Waals surface area contributed by atoms with Crippen molar-refractivity contribution in [2.75, 3.05) is 10.6 Å². The van der Waals surface area contributed by atoms with Crippen LogP contribution < -0.4 is 10.6 Å². The first-order valence-corrected chi connectivity index (χ1v) is 7.79. The van der Waals surface area contributed by atoms with Gasteiger partial charge < -0.3 is 10.6 Å². The van der Waals surface area contributed by atoms with E-state index in [-0.39, 0.29) is 11.9 Å². The number of nitriles is 1. The van der Waals surface area contributed by atoms with E-state index in [1.165, 1.54) is 5.56 Å². The van der Waals surface area contributed by atoms with Gasteiger partial charge in [0.25, 0.3) is 0 Å². The smallest absolute Gasteiger partial charge is 0.246 e. The molecule has 0 aliphatic heterocycles. The highest BCUT2D eigenvalue weighted by molar-refractivity contribution is 5.96. The van der Waals surface area contributed by atoms with Crippen LogP contribution in [-0.2, 0) is 11.2 Å². The second kappa shape index (κ2) is 8.00. The molecule has 0 fully saturated rings. The summed E-state index contributed by atoms with van der Waals surface area (Å²) in [5.74, 6) is -0.118. The fourth-order valence-corrected chi connectivity index (χ4v) is 2.25. The van der Waals surface area contributed by atoms with Crippen molar-refractivity contribution in [2.24, 2.45) is 0 Å². The van der Waals surface area contributed by atoms with E-state index in [0.717, 1.165) is 18.5 Å². The van der Waals surface area contributed by atoms with E-state index in [0.29, 0.717) is 11.3 Å². The van der Waals surface area contributed by atoms with Crippen molar-refractivity contribution in [3.63, 3.8) is 0 Å². The van der Waals surface area contributed by atoms with E-state index in [1.807, 2.05) is 19.1 Å². The Labute approximate surface area is 137 Å². The second-order valence-electron chi connectivity index (χ2n) is 5.49. The van der Waals surface area contributed by atoms with Crippen LogP contribution in [0.2, 0.25) is 0 Å². The summed E-state index contributed by atoms with van der Waals surface area (Å²) in [6.07, 6.45) is 2.19. The molecule has 0 bridgehead atoms. The summed E-state index contributed by atoms with van der Waals surface area (Å²) in [7, 11) is 0. The number of aryl methyl sites for hydroxylation is 1. The number of benzene rings is 2. The number of hydrogen-bond acceptors (Lipinski definition) is 3. The van der Waals surface area contributed by atoms with Crippen molar-refractivity contribution >= 4 is 17.3 Å². The van der Waals surface area contributed by atoms with E-state index in [4.69, 9.17) is 5.26 Å². The van der Waals surface area contributed by atoms with Crippen LogP contribution in [0.25, 0.3) is 0 Å². The predicted molar refractivity (Wildman–Crippen MR) is 93.3 cm³/mol. The number of nitrogens with zero attached hydrogens (tertiary/aromatic N) is 1. The molecule has 23 heavy (non-hydrogen) atoms. The Morgan fingerprint density at radius 1 is 1.09 bits per heavy atom. The Hall–Kier alpha value is -2.80. The number of amides is 1. The summed E-state index contributed by atoms with van der Waals surface area (Å²) in [5.41, 5.74) is 3.47. The lowest BCUT2D eigenvalue weighted by Gasteiger charge is -2.15. The number of hydrogen-bond donors (Lipinski definition) is 2. The molecule has 0 unspecified atom stereocenters. The van der Waals surface area contributed by atoms with Crippen LogP contribution >= 0.6 is 0 Å². The van der Waals surface area contributed by atoms with Gasteiger partial charge in [-0.25, -0.2) is 0 Å². The molecule has 2 N–H and O–H groups in total. The highest BCUT2D eigenvalue weighted by atomic mass is 16.2. The molecule has 0 aliphatic carbocycles. The molecule has 1 amide bonds. The zero-order valence-electron chi connectivity index (χ0n) is 13.5. The van der Waals surface area contributed by atoms with Gasteiger partial charge in [-0.2, -0.15) is 5.26 Å². The Balaban J connectivity index is 1.92. The van der Waals surface area contributed by atoms with Gasteiger partial charge in [0, 0.05) is 11.4 Å². The van der Waals surface area contributed by atoms with E-state index < -0.39 is 0 Å². The number of rotatable bonds is 6. The average molecular weight is 307 g/mol. The first-order valence-electron chi connectivity index (χ1n) is 7.79. The molecule has 0 aromatic heterocycles. The Bertz CT molecular complexity index is 684. The third-order valence-electron chi connectivity index (χ3n) is 3.55. The van der Waals surface area contributed by atoms with Gasteiger partial charge in [-0.15, -0.1) is 0 Å². The summed E-state index contributed by atoms with van der Waals surface area (Å²) >= 11 is 0. The van der Waals surface area contributed by atoms with Crippen LogP contribution in [0, 0.1) is 11.3 Å². The van der Waals surface area contributed by atoms with Gasteiger partial charge >= 0.3 is 0 Å². The topological polar surface area (TPSA) is 64.9 Å². The van der Waals surface area contributed by atoms with Crippen molar-refractivity contribution in [1.29, 1.82) is 5.26 Å². The third-order valence-corrected chi connectivity index (χ3v) is 3.55. The lowest BCUT2D eigenvalue weighted by Crippen LogP contribution is -2.31. The Morgan fingerprint density at radius 2 is 1.70 bits per heavy atom. The normalized spacial score (nSPS) is 11.3. The number of carbonyl (C=O) groups excluding carboxylic acids is 1. The van der Waals surface area contributed by atoms with Crippen LogP contribution in [0.15, 0.2) is 48.5 Å². The minimum Gasteiger partial charge on any atom is -0.374 e. The average Bonchev–Trinajstić information content (AvgIpc) is 2.57. The molecule has 4 heteroatoms. The van der Waals surface area contributed by atoms with Gasteiger partial charge in [0.1, 0.15) is 6.04 Å².